The van der Waals surface area contributed by atoms with E-state index >= 15 is 0 Å². The fraction of sp³-hybridized carbons (Fsp3) is 0.444. The van der Waals surface area contributed by atoms with Crippen molar-refractivity contribution in [3.8, 4) is 0 Å². The van der Waals surface area contributed by atoms with Gasteiger partial charge in [0.1, 0.15) is 5.58 Å². The lowest BCUT2D eigenvalue weighted by molar-refractivity contribution is 0.0907. The molecule has 1 aromatic heterocycles. The molecule has 1 atom stereocenters. The minimum Gasteiger partial charge on any atom is -0.451 e. The number of amides is 1. The molecule has 0 aliphatic carbocycles. The molecule has 31 heavy (non-hydrogen) atoms. The van der Waals surface area contributed by atoms with E-state index in [0.29, 0.717) is 12.3 Å². The molecule has 0 spiro atoms. The molecule has 4 rings (SSSR count). The molecule has 3 aromatic rings. The first-order valence-electron chi connectivity index (χ1n) is 11.5. The number of fused-ring (bicyclic) bond motifs is 1. The maximum atomic E-state index is 13.1. The molecule has 0 saturated carbocycles. The van der Waals surface area contributed by atoms with Gasteiger partial charge in [0.15, 0.2) is 5.76 Å². The van der Waals surface area contributed by atoms with Crippen molar-refractivity contribution in [1.29, 1.82) is 0 Å². The molecule has 1 amide bonds. The highest BCUT2D eigenvalue weighted by molar-refractivity contribution is 6.00. The Labute approximate surface area is 185 Å². The van der Waals surface area contributed by atoms with Crippen LogP contribution in [0.3, 0.4) is 0 Å². The smallest absolute Gasteiger partial charge is 0.287 e. The van der Waals surface area contributed by atoms with Crippen molar-refractivity contribution in [2.45, 2.75) is 59.4 Å². The van der Waals surface area contributed by atoms with Crippen molar-refractivity contribution < 1.29 is 9.21 Å². The summed E-state index contributed by atoms with van der Waals surface area (Å²) in [5, 5.41) is 4.25. The summed E-state index contributed by atoms with van der Waals surface area (Å²) in [4.78, 5) is 15.7. The topological polar surface area (TPSA) is 45.5 Å². The van der Waals surface area contributed by atoms with Crippen LogP contribution in [0, 0.1) is 27.7 Å². The second kappa shape index (κ2) is 9.27. The number of nitrogens with one attached hydrogen (secondary N) is 1. The van der Waals surface area contributed by atoms with Crippen molar-refractivity contribution in [3.05, 3.63) is 70.0 Å². The summed E-state index contributed by atoms with van der Waals surface area (Å²) in [6, 6.07) is 13.1. The summed E-state index contributed by atoms with van der Waals surface area (Å²) in [6.45, 7) is 11.0. The van der Waals surface area contributed by atoms with Gasteiger partial charge in [0.25, 0.3) is 5.91 Å². The van der Waals surface area contributed by atoms with Crippen LogP contribution >= 0.6 is 0 Å². The molecular formula is C27H34N2O2. The van der Waals surface area contributed by atoms with Gasteiger partial charge in [-0.3, -0.25) is 9.69 Å². The lowest BCUT2D eigenvalue weighted by Crippen LogP contribution is -2.38. The van der Waals surface area contributed by atoms with E-state index in [4.69, 9.17) is 4.42 Å². The lowest BCUT2D eigenvalue weighted by atomic mass is 10.0. The van der Waals surface area contributed by atoms with Crippen molar-refractivity contribution in [2.24, 2.45) is 0 Å². The zero-order valence-electron chi connectivity index (χ0n) is 19.3. The van der Waals surface area contributed by atoms with Crippen LogP contribution in [0.2, 0.25) is 0 Å². The summed E-state index contributed by atoms with van der Waals surface area (Å²) in [5.74, 6) is 0.305. The number of aryl methyl sites for hydroxylation is 4. The third kappa shape index (κ3) is 4.69. The van der Waals surface area contributed by atoms with Gasteiger partial charge in [0.05, 0.1) is 6.04 Å². The van der Waals surface area contributed by atoms with Crippen LogP contribution in [0.4, 0.5) is 0 Å². The zero-order valence-corrected chi connectivity index (χ0v) is 19.3. The number of carbonyl (C=O) groups excluding carboxylic acids is 1. The largest absolute Gasteiger partial charge is 0.451 e. The van der Waals surface area contributed by atoms with Gasteiger partial charge in [-0.05, 0) is 76.4 Å². The lowest BCUT2D eigenvalue weighted by Gasteiger charge is -2.31. The van der Waals surface area contributed by atoms with Crippen molar-refractivity contribution in [2.75, 3.05) is 19.6 Å². The van der Waals surface area contributed by atoms with Gasteiger partial charge in [0.2, 0.25) is 0 Å². The number of furan rings is 1. The summed E-state index contributed by atoms with van der Waals surface area (Å²) in [5.41, 5.74) is 6.53. The van der Waals surface area contributed by atoms with Crippen LogP contribution in [0.1, 0.15) is 70.1 Å². The van der Waals surface area contributed by atoms with Crippen molar-refractivity contribution >= 4 is 16.9 Å². The predicted molar refractivity (Wildman–Crippen MR) is 127 cm³/mol. The van der Waals surface area contributed by atoms with Crippen LogP contribution in [-0.4, -0.2) is 30.4 Å². The van der Waals surface area contributed by atoms with Gasteiger partial charge < -0.3 is 9.73 Å². The van der Waals surface area contributed by atoms with E-state index in [0.717, 1.165) is 40.7 Å². The minimum absolute atomic E-state index is 0.127. The number of carbonyl (C=O) groups is 1. The third-order valence-electron chi connectivity index (χ3n) is 6.58. The molecule has 164 valence electrons. The molecular weight excluding hydrogens is 384 g/mol. The molecule has 2 heterocycles. The number of hydrogen-bond donors (Lipinski definition) is 1. The summed E-state index contributed by atoms with van der Waals surface area (Å²) in [6.07, 6.45) is 5.02. The molecule has 1 saturated heterocycles. The predicted octanol–water partition coefficient (Wildman–Crippen LogP) is 6.01. The molecule has 0 radical (unpaired) electrons. The zero-order chi connectivity index (χ0) is 22.0. The number of hydrogen-bond acceptors (Lipinski definition) is 3. The number of nitrogens with zero attached hydrogens (tertiary/aromatic N) is 1. The Morgan fingerprint density at radius 2 is 1.65 bits per heavy atom. The van der Waals surface area contributed by atoms with Crippen LogP contribution in [0.5, 0.6) is 0 Å². The van der Waals surface area contributed by atoms with E-state index in [1.165, 1.54) is 36.8 Å². The van der Waals surface area contributed by atoms with Gasteiger partial charge in [-0.15, -0.1) is 0 Å². The van der Waals surface area contributed by atoms with E-state index in [-0.39, 0.29) is 11.9 Å². The van der Waals surface area contributed by atoms with E-state index in [9.17, 15) is 4.79 Å². The van der Waals surface area contributed by atoms with Crippen LogP contribution in [0.15, 0.2) is 40.8 Å². The van der Waals surface area contributed by atoms with E-state index in [1.807, 2.05) is 13.0 Å². The first kappa shape index (κ1) is 21.6. The molecule has 1 unspecified atom stereocenters. The molecule has 1 N–H and O–H groups in total. The molecule has 1 aliphatic rings. The first-order valence-corrected chi connectivity index (χ1v) is 11.5. The molecule has 4 nitrogen and oxygen atoms in total. The summed E-state index contributed by atoms with van der Waals surface area (Å²) >= 11 is 0. The average Bonchev–Trinajstić information content (AvgIpc) is 2.90. The average molecular weight is 419 g/mol. The van der Waals surface area contributed by atoms with E-state index < -0.39 is 0 Å². The second-order valence-electron chi connectivity index (χ2n) is 9.10. The Kier molecular flexibility index (Phi) is 6.47. The normalized spacial score (nSPS) is 16.3. The van der Waals surface area contributed by atoms with Crippen molar-refractivity contribution in [1.82, 2.24) is 10.2 Å². The van der Waals surface area contributed by atoms with Crippen LogP contribution in [0.25, 0.3) is 11.0 Å². The van der Waals surface area contributed by atoms with E-state index in [2.05, 4.69) is 61.3 Å². The number of benzene rings is 2. The highest BCUT2D eigenvalue weighted by Gasteiger charge is 2.24. The highest BCUT2D eigenvalue weighted by atomic mass is 16.3. The van der Waals surface area contributed by atoms with Crippen LogP contribution < -0.4 is 5.32 Å². The first-order chi connectivity index (χ1) is 14.9. The highest BCUT2D eigenvalue weighted by Crippen LogP contribution is 2.30. The van der Waals surface area contributed by atoms with Crippen molar-refractivity contribution in [3.63, 3.8) is 0 Å². The third-order valence-corrected chi connectivity index (χ3v) is 6.58. The Hall–Kier alpha value is -2.59. The van der Waals surface area contributed by atoms with Crippen LogP contribution in [-0.2, 0) is 0 Å². The number of rotatable bonds is 5. The standard InChI is InChI=1S/C27H34N2O2/c1-18-9-11-22(12-10-18)23(29-13-7-5-6-8-14-29)17-28-27(30)26-21(4)25-20(3)15-19(2)16-24(25)31-26/h9-12,15-16,23H,5-8,13-14,17H2,1-4H3,(H,28,30). The molecule has 0 bridgehead atoms. The maximum Gasteiger partial charge on any atom is 0.287 e. The molecule has 2 aromatic carbocycles. The Balaban J connectivity index is 1.57. The Bertz CT molecular complexity index is 1060. The SMILES string of the molecule is Cc1ccc(C(CNC(=O)c2oc3cc(C)cc(C)c3c2C)N2CCCCCC2)cc1. The van der Waals surface area contributed by atoms with Gasteiger partial charge in [0, 0.05) is 17.5 Å². The Morgan fingerprint density at radius 1 is 0.968 bits per heavy atom. The van der Waals surface area contributed by atoms with Gasteiger partial charge >= 0.3 is 0 Å². The van der Waals surface area contributed by atoms with Gasteiger partial charge in [-0.2, -0.15) is 0 Å². The number of likely N-dealkylation sites (tertiary alicyclic amines) is 1. The van der Waals surface area contributed by atoms with Gasteiger partial charge in [-0.1, -0.05) is 48.7 Å². The quantitative estimate of drug-likeness (QED) is 0.551. The summed E-state index contributed by atoms with van der Waals surface area (Å²) < 4.78 is 6.02. The fourth-order valence-corrected chi connectivity index (χ4v) is 4.93. The minimum atomic E-state index is -0.127. The molecule has 1 aliphatic heterocycles. The van der Waals surface area contributed by atoms with E-state index in [1.54, 1.807) is 0 Å². The monoisotopic (exact) mass is 418 g/mol. The molecule has 4 heteroatoms. The second-order valence-corrected chi connectivity index (χ2v) is 9.10. The fourth-order valence-electron chi connectivity index (χ4n) is 4.93. The summed E-state index contributed by atoms with van der Waals surface area (Å²) in [7, 11) is 0. The maximum absolute atomic E-state index is 13.1. The molecule has 1 fully saturated rings. The van der Waals surface area contributed by atoms with Gasteiger partial charge in [-0.25, -0.2) is 0 Å². The Morgan fingerprint density at radius 3 is 2.32 bits per heavy atom.